The maximum Gasteiger partial charge on any atom is 0.0884 e. The van der Waals surface area contributed by atoms with Gasteiger partial charge in [0.1, 0.15) is 0 Å². The van der Waals surface area contributed by atoms with Crippen LogP contribution in [0.15, 0.2) is 11.6 Å². The summed E-state index contributed by atoms with van der Waals surface area (Å²) in [5.41, 5.74) is 0.757. The summed E-state index contributed by atoms with van der Waals surface area (Å²) in [6.07, 6.45) is 3.02. The molecule has 0 rings (SSSR count). The van der Waals surface area contributed by atoms with E-state index in [9.17, 15) is 5.11 Å². The Balaban J connectivity index is 4.00. The molecule has 2 nitrogen and oxygen atoms in total. The summed E-state index contributed by atoms with van der Waals surface area (Å²) < 4.78 is 5.47. The Kier molecular flexibility index (Phi) is 6.05. The van der Waals surface area contributed by atoms with Gasteiger partial charge in [-0.2, -0.15) is 0 Å². The van der Waals surface area contributed by atoms with E-state index in [0.29, 0.717) is 6.61 Å². The summed E-state index contributed by atoms with van der Waals surface area (Å²) in [5, 5.41) is 9.88. The molecule has 0 aliphatic rings. The van der Waals surface area contributed by atoms with Crippen LogP contribution in [0.5, 0.6) is 0 Å². The summed E-state index contributed by atoms with van der Waals surface area (Å²) in [4.78, 5) is 0. The average Bonchev–Trinajstić information content (AvgIpc) is 2.13. The molecule has 0 aromatic heterocycles. The van der Waals surface area contributed by atoms with E-state index in [-0.39, 0.29) is 0 Å². The van der Waals surface area contributed by atoms with Crippen molar-refractivity contribution in [2.24, 2.45) is 0 Å². The van der Waals surface area contributed by atoms with Crippen LogP contribution in [0.2, 0.25) is 0 Å². The Hall–Kier alpha value is -0.340. The number of hydrogen-bond donors (Lipinski definition) is 1. The van der Waals surface area contributed by atoms with E-state index in [1.54, 1.807) is 0 Å². The Morgan fingerprint density at radius 2 is 2.14 bits per heavy atom. The minimum Gasteiger partial charge on any atom is -0.390 e. The van der Waals surface area contributed by atoms with Gasteiger partial charge in [-0.25, -0.2) is 0 Å². The maximum absolute atomic E-state index is 9.88. The predicted molar refractivity (Wildman–Crippen MR) is 60.1 cm³/mol. The fourth-order valence-electron chi connectivity index (χ4n) is 1.28. The van der Waals surface area contributed by atoms with Crippen LogP contribution in [-0.4, -0.2) is 23.4 Å². The first-order valence-electron chi connectivity index (χ1n) is 5.21. The van der Waals surface area contributed by atoms with E-state index in [1.165, 1.54) is 5.57 Å². The lowest BCUT2D eigenvalue weighted by atomic mass is 9.95. The molecule has 0 saturated carbocycles. The first kappa shape index (κ1) is 13.7. The van der Waals surface area contributed by atoms with Crippen molar-refractivity contribution >= 4 is 0 Å². The summed E-state index contributed by atoms with van der Waals surface area (Å²) >= 11 is 0. The van der Waals surface area contributed by atoms with Crippen LogP contribution in [0, 0.1) is 6.92 Å². The number of ether oxygens (including phenoxy) is 1. The molecule has 2 heteroatoms. The molecule has 0 aromatic carbocycles. The molecule has 1 radical (unpaired) electrons. The van der Waals surface area contributed by atoms with Gasteiger partial charge in [-0.05, 0) is 47.5 Å². The molecule has 0 amide bonds. The molecular formula is C12H23O2. The second kappa shape index (κ2) is 6.20. The largest absolute Gasteiger partial charge is 0.390 e. The molecule has 1 N–H and O–H groups in total. The molecule has 0 aliphatic carbocycles. The lowest BCUT2D eigenvalue weighted by Gasteiger charge is -2.30. The topological polar surface area (TPSA) is 29.5 Å². The Morgan fingerprint density at radius 3 is 2.57 bits per heavy atom. The normalized spacial score (nSPS) is 15.7. The van der Waals surface area contributed by atoms with Gasteiger partial charge in [0.2, 0.25) is 0 Å². The van der Waals surface area contributed by atoms with Gasteiger partial charge >= 0.3 is 0 Å². The first-order chi connectivity index (χ1) is 6.44. The van der Waals surface area contributed by atoms with Gasteiger partial charge in [0.15, 0.2) is 0 Å². The monoisotopic (exact) mass is 199 g/mol. The summed E-state index contributed by atoms with van der Waals surface area (Å²) in [6.45, 7) is 12.1. The van der Waals surface area contributed by atoms with E-state index >= 15 is 0 Å². The number of rotatable bonds is 6. The molecule has 0 aromatic rings. The Labute approximate surface area is 88.0 Å². The van der Waals surface area contributed by atoms with Crippen molar-refractivity contribution < 1.29 is 9.84 Å². The number of aliphatic hydroxyl groups is 1. The second-order valence-corrected chi connectivity index (χ2v) is 4.14. The van der Waals surface area contributed by atoms with E-state index in [2.05, 4.69) is 6.92 Å². The van der Waals surface area contributed by atoms with Crippen molar-refractivity contribution in [3.63, 3.8) is 0 Å². The highest BCUT2D eigenvalue weighted by atomic mass is 16.5. The third-order valence-electron chi connectivity index (χ3n) is 2.48. The van der Waals surface area contributed by atoms with E-state index in [1.807, 2.05) is 33.8 Å². The molecule has 0 aliphatic heterocycles. The Bertz CT molecular complexity index is 183. The lowest BCUT2D eigenvalue weighted by molar-refractivity contribution is -0.0983. The molecule has 14 heavy (non-hydrogen) atoms. The van der Waals surface area contributed by atoms with Crippen molar-refractivity contribution in [1.29, 1.82) is 0 Å². The van der Waals surface area contributed by atoms with Crippen LogP contribution in [0.25, 0.3) is 0 Å². The third kappa shape index (κ3) is 4.77. The maximum atomic E-state index is 9.88. The number of allylic oxidation sites excluding steroid dienone is 2. The quantitative estimate of drug-likeness (QED) is 0.712. The SMILES string of the molecule is [CH2]C=C(C)CCC(O)C(C)(C)OCC. The van der Waals surface area contributed by atoms with Crippen molar-refractivity contribution in [3.8, 4) is 0 Å². The smallest absolute Gasteiger partial charge is 0.0884 e. The van der Waals surface area contributed by atoms with Gasteiger partial charge in [0, 0.05) is 6.61 Å². The zero-order valence-electron chi connectivity index (χ0n) is 9.84. The van der Waals surface area contributed by atoms with E-state index in [4.69, 9.17) is 4.74 Å². The van der Waals surface area contributed by atoms with Crippen LogP contribution in [0.4, 0.5) is 0 Å². The molecule has 1 atom stereocenters. The molecule has 0 bridgehead atoms. The standard InChI is InChI=1S/C12H23O2/c1-6-10(3)8-9-11(13)12(4,5)14-7-2/h6,11,13H,1,7-9H2,2-5H3. The molecule has 0 fully saturated rings. The summed E-state index contributed by atoms with van der Waals surface area (Å²) in [5.74, 6) is 0. The van der Waals surface area contributed by atoms with Crippen molar-refractivity contribution in [2.75, 3.05) is 6.61 Å². The molecule has 1 unspecified atom stereocenters. The minimum atomic E-state index is -0.448. The van der Waals surface area contributed by atoms with Crippen LogP contribution in [0.1, 0.15) is 40.5 Å². The molecule has 0 spiro atoms. The minimum absolute atomic E-state index is 0.419. The molecule has 83 valence electrons. The zero-order chi connectivity index (χ0) is 11.2. The van der Waals surface area contributed by atoms with Gasteiger partial charge in [-0.15, -0.1) is 0 Å². The van der Waals surface area contributed by atoms with Gasteiger partial charge in [-0.1, -0.05) is 11.6 Å². The second-order valence-electron chi connectivity index (χ2n) is 4.14. The van der Waals surface area contributed by atoms with Crippen LogP contribution >= 0.6 is 0 Å². The van der Waals surface area contributed by atoms with Gasteiger partial charge in [0.05, 0.1) is 11.7 Å². The van der Waals surface area contributed by atoms with Gasteiger partial charge in [-0.3, -0.25) is 0 Å². The highest BCUT2D eigenvalue weighted by Gasteiger charge is 2.27. The van der Waals surface area contributed by atoms with Crippen LogP contribution in [-0.2, 0) is 4.74 Å². The van der Waals surface area contributed by atoms with Crippen LogP contribution in [0.3, 0.4) is 0 Å². The number of aliphatic hydroxyl groups excluding tert-OH is 1. The average molecular weight is 199 g/mol. The highest BCUT2D eigenvalue weighted by molar-refractivity contribution is 5.00. The lowest BCUT2D eigenvalue weighted by Crippen LogP contribution is -2.39. The fourth-order valence-corrected chi connectivity index (χ4v) is 1.28. The summed E-state index contributed by atoms with van der Waals surface area (Å²) in [7, 11) is 0. The van der Waals surface area contributed by atoms with Crippen molar-refractivity contribution in [3.05, 3.63) is 18.6 Å². The fraction of sp³-hybridized carbons (Fsp3) is 0.750. The van der Waals surface area contributed by atoms with Gasteiger partial charge in [0.25, 0.3) is 0 Å². The molecule has 0 saturated heterocycles. The highest BCUT2D eigenvalue weighted by Crippen LogP contribution is 2.20. The Morgan fingerprint density at radius 1 is 1.57 bits per heavy atom. The number of hydrogen-bond acceptors (Lipinski definition) is 2. The summed E-state index contributed by atoms with van der Waals surface area (Å²) in [6, 6.07) is 0. The van der Waals surface area contributed by atoms with E-state index < -0.39 is 11.7 Å². The molecule has 0 heterocycles. The van der Waals surface area contributed by atoms with Gasteiger partial charge < -0.3 is 9.84 Å². The first-order valence-corrected chi connectivity index (χ1v) is 5.21. The van der Waals surface area contributed by atoms with Crippen molar-refractivity contribution in [1.82, 2.24) is 0 Å². The molecular weight excluding hydrogens is 176 g/mol. The van der Waals surface area contributed by atoms with Crippen LogP contribution < -0.4 is 0 Å². The van der Waals surface area contributed by atoms with E-state index in [0.717, 1.165) is 12.8 Å². The third-order valence-corrected chi connectivity index (χ3v) is 2.48. The van der Waals surface area contributed by atoms with Crippen molar-refractivity contribution in [2.45, 2.75) is 52.2 Å². The zero-order valence-corrected chi connectivity index (χ0v) is 9.84. The predicted octanol–water partition coefficient (Wildman–Crippen LogP) is 2.72.